The Kier molecular flexibility index (Phi) is 5.10. The number of hydrogen-bond donors (Lipinski definition) is 0. The molecule has 1 aliphatic heterocycles. The lowest BCUT2D eigenvalue weighted by Crippen LogP contribution is -2.40. The molecule has 29 heavy (non-hydrogen) atoms. The van der Waals surface area contributed by atoms with Crippen molar-refractivity contribution in [3.63, 3.8) is 0 Å². The Hall–Kier alpha value is -3.13. The van der Waals surface area contributed by atoms with Gasteiger partial charge in [-0.15, -0.1) is 0 Å². The van der Waals surface area contributed by atoms with Gasteiger partial charge in [0.05, 0.1) is 18.4 Å². The van der Waals surface area contributed by atoms with Crippen LogP contribution in [0.5, 0.6) is 11.5 Å². The van der Waals surface area contributed by atoms with E-state index in [0.717, 1.165) is 16.8 Å². The standard InChI is InChI=1S/C20H16ClF2N3O3/c1-25(10-13-11-28-17-4-2-3-5-18(17)29-13)16-9-24-26(20(27)19(16)21)15-7-6-12(22)8-14(15)23/h2-9,13H,10-11H2,1H3. The molecule has 1 unspecified atom stereocenters. The zero-order chi connectivity index (χ0) is 20.5. The van der Waals surface area contributed by atoms with E-state index in [9.17, 15) is 13.6 Å². The van der Waals surface area contributed by atoms with Crippen LogP contribution in [0.15, 0.2) is 53.5 Å². The number of ether oxygens (including phenoxy) is 2. The van der Waals surface area contributed by atoms with Gasteiger partial charge in [-0.1, -0.05) is 23.7 Å². The van der Waals surface area contributed by atoms with Crippen LogP contribution in [0.2, 0.25) is 5.02 Å². The molecule has 0 saturated heterocycles. The molecule has 150 valence electrons. The maximum atomic E-state index is 14.0. The summed E-state index contributed by atoms with van der Waals surface area (Å²) < 4.78 is 39.5. The van der Waals surface area contributed by atoms with Crippen molar-refractivity contribution in [2.24, 2.45) is 0 Å². The van der Waals surface area contributed by atoms with Crippen LogP contribution in [0.1, 0.15) is 0 Å². The highest BCUT2D eigenvalue weighted by atomic mass is 35.5. The number of anilines is 1. The third-order valence-electron chi connectivity index (χ3n) is 4.49. The fourth-order valence-corrected chi connectivity index (χ4v) is 3.34. The van der Waals surface area contributed by atoms with E-state index in [0.29, 0.717) is 36.4 Å². The molecule has 1 atom stereocenters. The summed E-state index contributed by atoms with van der Waals surface area (Å²) in [4.78, 5) is 14.3. The van der Waals surface area contributed by atoms with E-state index >= 15 is 0 Å². The first-order valence-corrected chi connectivity index (χ1v) is 9.14. The van der Waals surface area contributed by atoms with Crippen LogP contribution in [0.25, 0.3) is 5.69 Å². The van der Waals surface area contributed by atoms with Crippen molar-refractivity contribution in [2.45, 2.75) is 6.10 Å². The number of fused-ring (bicyclic) bond motifs is 1. The van der Waals surface area contributed by atoms with Crippen LogP contribution < -0.4 is 19.9 Å². The molecule has 0 aliphatic carbocycles. The summed E-state index contributed by atoms with van der Waals surface area (Å²) in [6.07, 6.45) is 1.06. The smallest absolute Gasteiger partial charge is 0.292 e. The molecule has 2 aromatic carbocycles. The number of rotatable bonds is 4. The monoisotopic (exact) mass is 419 g/mol. The number of hydrogen-bond acceptors (Lipinski definition) is 5. The molecule has 0 bridgehead atoms. The van der Waals surface area contributed by atoms with Crippen molar-refractivity contribution in [1.82, 2.24) is 9.78 Å². The SMILES string of the molecule is CN(CC1COc2ccccc2O1)c1cnn(-c2ccc(F)cc2F)c(=O)c1Cl. The van der Waals surface area contributed by atoms with Crippen molar-refractivity contribution >= 4 is 17.3 Å². The van der Waals surface area contributed by atoms with Gasteiger partial charge >= 0.3 is 0 Å². The molecule has 2 heterocycles. The highest BCUT2D eigenvalue weighted by Gasteiger charge is 2.24. The Bertz CT molecular complexity index is 1120. The first-order valence-electron chi connectivity index (χ1n) is 8.77. The third kappa shape index (κ3) is 3.75. The summed E-state index contributed by atoms with van der Waals surface area (Å²) in [5.74, 6) is -0.347. The first kappa shape index (κ1) is 19.2. The second kappa shape index (κ2) is 7.71. The summed E-state index contributed by atoms with van der Waals surface area (Å²) in [5.41, 5.74) is -0.543. The molecule has 4 rings (SSSR count). The lowest BCUT2D eigenvalue weighted by Gasteiger charge is -2.30. The fraction of sp³-hybridized carbons (Fsp3) is 0.200. The van der Waals surface area contributed by atoms with Gasteiger partial charge < -0.3 is 14.4 Å². The normalized spacial score (nSPS) is 15.2. The first-order chi connectivity index (χ1) is 13.9. The second-order valence-electron chi connectivity index (χ2n) is 6.53. The van der Waals surface area contributed by atoms with Gasteiger partial charge in [-0.05, 0) is 24.3 Å². The number of nitrogens with zero attached hydrogens (tertiary/aromatic N) is 3. The number of para-hydroxylation sites is 2. The topological polar surface area (TPSA) is 56.6 Å². The third-order valence-corrected chi connectivity index (χ3v) is 4.85. The molecular weight excluding hydrogens is 404 g/mol. The number of aromatic nitrogens is 2. The molecule has 3 aromatic rings. The predicted octanol–water partition coefficient (Wildman–Crippen LogP) is 3.44. The van der Waals surface area contributed by atoms with Crippen molar-refractivity contribution in [2.75, 3.05) is 25.1 Å². The lowest BCUT2D eigenvalue weighted by atomic mass is 10.2. The largest absolute Gasteiger partial charge is 0.486 e. The van der Waals surface area contributed by atoms with Gasteiger partial charge in [-0.2, -0.15) is 9.78 Å². The molecule has 0 N–H and O–H groups in total. The van der Waals surface area contributed by atoms with Gasteiger partial charge in [0.2, 0.25) is 0 Å². The Morgan fingerprint density at radius 1 is 1.24 bits per heavy atom. The molecule has 0 fully saturated rings. The summed E-state index contributed by atoms with van der Waals surface area (Å²) in [7, 11) is 1.73. The minimum atomic E-state index is -0.914. The second-order valence-corrected chi connectivity index (χ2v) is 6.91. The van der Waals surface area contributed by atoms with Gasteiger partial charge in [0.15, 0.2) is 23.4 Å². The van der Waals surface area contributed by atoms with Crippen LogP contribution in [-0.2, 0) is 0 Å². The van der Waals surface area contributed by atoms with Gasteiger partial charge in [0.25, 0.3) is 5.56 Å². The van der Waals surface area contributed by atoms with Crippen molar-refractivity contribution in [1.29, 1.82) is 0 Å². The van der Waals surface area contributed by atoms with Crippen LogP contribution in [0, 0.1) is 11.6 Å². The molecule has 6 nitrogen and oxygen atoms in total. The van der Waals surface area contributed by atoms with Crippen LogP contribution in [0.4, 0.5) is 14.5 Å². The molecule has 1 aromatic heterocycles. The van der Waals surface area contributed by atoms with E-state index in [4.69, 9.17) is 21.1 Å². The molecule has 0 saturated carbocycles. The summed E-state index contributed by atoms with van der Waals surface area (Å²) in [6, 6.07) is 10.2. The molecule has 0 amide bonds. The summed E-state index contributed by atoms with van der Waals surface area (Å²) >= 11 is 6.24. The van der Waals surface area contributed by atoms with E-state index < -0.39 is 17.2 Å². The van der Waals surface area contributed by atoms with E-state index in [1.165, 1.54) is 6.20 Å². The zero-order valence-corrected chi connectivity index (χ0v) is 16.1. The van der Waals surface area contributed by atoms with E-state index in [1.54, 1.807) is 11.9 Å². The van der Waals surface area contributed by atoms with Crippen LogP contribution in [0.3, 0.4) is 0 Å². The Morgan fingerprint density at radius 3 is 2.76 bits per heavy atom. The van der Waals surface area contributed by atoms with Crippen molar-refractivity contribution in [3.05, 3.63) is 75.7 Å². The van der Waals surface area contributed by atoms with Gasteiger partial charge in [-0.25, -0.2) is 8.78 Å². The quantitative estimate of drug-likeness (QED) is 0.648. The van der Waals surface area contributed by atoms with E-state index in [1.807, 2.05) is 24.3 Å². The summed E-state index contributed by atoms with van der Waals surface area (Å²) in [6.45, 7) is 0.717. The number of halogens is 3. The number of benzene rings is 2. The maximum Gasteiger partial charge on any atom is 0.292 e. The molecule has 0 radical (unpaired) electrons. The Labute approximate surface area is 169 Å². The van der Waals surface area contributed by atoms with Gasteiger partial charge in [0, 0.05) is 13.1 Å². The van der Waals surface area contributed by atoms with Gasteiger partial charge in [-0.3, -0.25) is 4.79 Å². The minimum Gasteiger partial charge on any atom is -0.486 e. The Balaban J connectivity index is 1.56. The predicted molar refractivity (Wildman–Crippen MR) is 104 cm³/mol. The zero-order valence-electron chi connectivity index (χ0n) is 15.3. The summed E-state index contributed by atoms with van der Waals surface area (Å²) in [5, 5.41) is 3.86. The molecular formula is C20H16ClF2N3O3. The number of likely N-dealkylation sites (N-methyl/N-ethyl adjacent to an activating group) is 1. The van der Waals surface area contributed by atoms with Crippen LogP contribution >= 0.6 is 11.6 Å². The highest BCUT2D eigenvalue weighted by molar-refractivity contribution is 6.33. The molecule has 9 heteroatoms. The van der Waals surface area contributed by atoms with E-state index in [2.05, 4.69) is 5.10 Å². The average Bonchev–Trinajstić information content (AvgIpc) is 2.70. The van der Waals surface area contributed by atoms with Crippen LogP contribution in [-0.4, -0.2) is 36.1 Å². The van der Waals surface area contributed by atoms with Gasteiger partial charge in [0.1, 0.15) is 23.1 Å². The van der Waals surface area contributed by atoms with Crippen molar-refractivity contribution < 1.29 is 18.3 Å². The fourth-order valence-electron chi connectivity index (χ4n) is 3.07. The minimum absolute atomic E-state index is 0.136. The maximum absolute atomic E-state index is 14.0. The van der Waals surface area contributed by atoms with E-state index in [-0.39, 0.29) is 16.8 Å². The average molecular weight is 420 g/mol. The Morgan fingerprint density at radius 2 is 2.00 bits per heavy atom. The van der Waals surface area contributed by atoms with Crippen molar-refractivity contribution in [3.8, 4) is 17.2 Å². The molecule has 1 aliphatic rings. The highest BCUT2D eigenvalue weighted by Crippen LogP contribution is 2.31. The molecule has 0 spiro atoms. The lowest BCUT2D eigenvalue weighted by molar-refractivity contribution is 0.0960.